The lowest BCUT2D eigenvalue weighted by Crippen LogP contribution is -2.27. The molecule has 4 heterocycles. The highest BCUT2D eigenvalue weighted by Crippen LogP contribution is 2.38. The van der Waals surface area contributed by atoms with Gasteiger partial charge in [0.15, 0.2) is 0 Å². The maximum Gasteiger partial charge on any atom is 0.251 e. The Labute approximate surface area is 205 Å². The molecule has 174 valence electrons. The maximum absolute atomic E-state index is 14.8. The van der Waals surface area contributed by atoms with Crippen molar-refractivity contribution in [1.29, 1.82) is 0 Å². The molecule has 35 heavy (non-hydrogen) atoms. The number of pyridine rings is 1. The van der Waals surface area contributed by atoms with Crippen LogP contribution in [0.4, 0.5) is 4.39 Å². The van der Waals surface area contributed by atoms with Gasteiger partial charge in [0, 0.05) is 40.1 Å². The second kappa shape index (κ2) is 8.39. The van der Waals surface area contributed by atoms with Crippen LogP contribution in [0.3, 0.4) is 0 Å². The highest BCUT2D eigenvalue weighted by molar-refractivity contribution is 6.31. The number of benzene rings is 2. The van der Waals surface area contributed by atoms with E-state index >= 15 is 0 Å². The Balaban J connectivity index is 1.35. The van der Waals surface area contributed by atoms with Gasteiger partial charge in [-0.3, -0.25) is 4.79 Å². The molecule has 0 fully saturated rings. The minimum absolute atomic E-state index is 0.158. The topological polar surface area (TPSA) is 78.0 Å². The van der Waals surface area contributed by atoms with Gasteiger partial charge >= 0.3 is 0 Å². The van der Waals surface area contributed by atoms with E-state index in [4.69, 9.17) is 11.6 Å². The molecule has 0 saturated carbocycles. The van der Waals surface area contributed by atoms with Crippen molar-refractivity contribution in [2.24, 2.45) is 4.99 Å². The van der Waals surface area contributed by atoms with E-state index in [0.29, 0.717) is 41.3 Å². The molecule has 0 saturated heterocycles. The van der Waals surface area contributed by atoms with Gasteiger partial charge in [0.2, 0.25) is 5.95 Å². The molecule has 0 radical (unpaired) electrons. The fourth-order valence-electron chi connectivity index (χ4n) is 4.93. The van der Waals surface area contributed by atoms with E-state index in [9.17, 15) is 9.18 Å². The molecule has 9 heteroatoms. The van der Waals surface area contributed by atoms with Crippen molar-refractivity contribution in [3.05, 3.63) is 99.1 Å². The van der Waals surface area contributed by atoms with Crippen LogP contribution in [0, 0.1) is 6.92 Å². The number of rotatable bonds is 4. The first kappa shape index (κ1) is 21.6. The SMILES string of the molecule is Cc1ccc(C2=C(F)N=C([C@@H]3CCc4cc(-c5cc(Cl)ccc5-n5cnnn5)cc(=O)n43)C2)cc1. The van der Waals surface area contributed by atoms with Gasteiger partial charge in [-0.1, -0.05) is 41.4 Å². The Morgan fingerprint density at radius 3 is 2.66 bits per heavy atom. The molecule has 2 aliphatic heterocycles. The van der Waals surface area contributed by atoms with Gasteiger partial charge in [0.05, 0.1) is 11.7 Å². The summed E-state index contributed by atoms with van der Waals surface area (Å²) in [5, 5.41) is 11.9. The zero-order valence-corrected chi connectivity index (χ0v) is 19.6. The van der Waals surface area contributed by atoms with E-state index in [1.54, 1.807) is 22.8 Å². The van der Waals surface area contributed by atoms with Crippen LogP contribution in [0.25, 0.3) is 22.4 Å². The van der Waals surface area contributed by atoms with E-state index in [-0.39, 0.29) is 11.6 Å². The molecule has 0 amide bonds. The fraction of sp³-hybridized carbons (Fsp3) is 0.192. The third-order valence-corrected chi connectivity index (χ3v) is 6.87. The second-order valence-corrected chi connectivity index (χ2v) is 9.27. The van der Waals surface area contributed by atoms with Crippen molar-refractivity contribution in [3.63, 3.8) is 0 Å². The molecule has 0 aliphatic carbocycles. The number of nitrogens with zero attached hydrogens (tertiary/aromatic N) is 6. The van der Waals surface area contributed by atoms with E-state index in [2.05, 4.69) is 20.5 Å². The molecule has 7 nitrogen and oxygen atoms in total. The highest BCUT2D eigenvalue weighted by atomic mass is 35.5. The first-order valence-corrected chi connectivity index (χ1v) is 11.7. The number of aryl methyl sites for hydroxylation is 2. The third-order valence-electron chi connectivity index (χ3n) is 6.63. The minimum atomic E-state index is -0.466. The zero-order valence-electron chi connectivity index (χ0n) is 18.8. The van der Waals surface area contributed by atoms with Crippen LogP contribution in [0.2, 0.25) is 5.02 Å². The molecule has 4 aromatic rings. The summed E-state index contributed by atoms with van der Waals surface area (Å²) in [5.74, 6) is -0.466. The average molecular weight is 487 g/mol. The fourth-order valence-corrected chi connectivity index (χ4v) is 5.10. The van der Waals surface area contributed by atoms with Crippen molar-refractivity contribution in [3.8, 4) is 16.8 Å². The molecule has 0 unspecified atom stereocenters. The van der Waals surface area contributed by atoms with Crippen LogP contribution in [-0.2, 0) is 6.42 Å². The van der Waals surface area contributed by atoms with Crippen LogP contribution in [0.5, 0.6) is 0 Å². The molecule has 0 spiro atoms. The van der Waals surface area contributed by atoms with Gasteiger partial charge in [0.1, 0.15) is 6.33 Å². The average Bonchev–Trinajstić information content (AvgIpc) is 3.59. The summed E-state index contributed by atoms with van der Waals surface area (Å²) < 4.78 is 18.1. The maximum atomic E-state index is 14.8. The lowest BCUT2D eigenvalue weighted by atomic mass is 9.98. The zero-order chi connectivity index (χ0) is 24.1. The van der Waals surface area contributed by atoms with Gasteiger partial charge in [0.25, 0.3) is 5.56 Å². The molecule has 6 rings (SSSR count). The number of hydrogen-bond acceptors (Lipinski definition) is 5. The summed E-state index contributed by atoms with van der Waals surface area (Å²) in [6.45, 7) is 2.00. The quantitative estimate of drug-likeness (QED) is 0.375. The van der Waals surface area contributed by atoms with Gasteiger partial charge < -0.3 is 4.57 Å². The van der Waals surface area contributed by atoms with E-state index < -0.39 is 5.95 Å². The first-order valence-electron chi connectivity index (χ1n) is 11.3. The normalized spacial score (nSPS) is 17.1. The molecule has 0 bridgehead atoms. The Hall–Kier alpha value is -3.91. The Kier molecular flexibility index (Phi) is 5.18. The van der Waals surface area contributed by atoms with Gasteiger partial charge in [-0.05, 0) is 65.6 Å². The van der Waals surface area contributed by atoms with Crippen LogP contribution in [-0.4, -0.2) is 30.5 Å². The summed E-state index contributed by atoms with van der Waals surface area (Å²) in [7, 11) is 0. The summed E-state index contributed by atoms with van der Waals surface area (Å²) in [6.07, 6.45) is 3.27. The Bertz CT molecular complexity index is 1570. The molecule has 0 N–H and O–H groups in total. The van der Waals surface area contributed by atoms with Gasteiger partial charge in [-0.15, -0.1) is 5.10 Å². The number of hydrogen-bond donors (Lipinski definition) is 0. The number of fused-ring (bicyclic) bond motifs is 1. The lowest BCUT2D eigenvalue weighted by Gasteiger charge is -2.17. The number of allylic oxidation sites excluding steroid dienone is 1. The minimum Gasteiger partial charge on any atom is -0.304 e. The molecular formula is C26H20ClFN6O. The predicted octanol–water partition coefficient (Wildman–Crippen LogP) is 5.12. The van der Waals surface area contributed by atoms with Gasteiger partial charge in [-0.2, -0.15) is 9.07 Å². The van der Waals surface area contributed by atoms with Crippen LogP contribution >= 0.6 is 11.6 Å². The number of tetrazole rings is 1. The van der Waals surface area contributed by atoms with Crippen molar-refractivity contribution < 1.29 is 4.39 Å². The number of halogens is 2. The summed E-state index contributed by atoms with van der Waals surface area (Å²) in [5.41, 5.74) is 6.11. The van der Waals surface area contributed by atoms with E-state index in [1.165, 1.54) is 11.0 Å². The summed E-state index contributed by atoms with van der Waals surface area (Å²) in [4.78, 5) is 17.6. The largest absolute Gasteiger partial charge is 0.304 e. The van der Waals surface area contributed by atoms with Crippen molar-refractivity contribution in [2.75, 3.05) is 0 Å². The molecule has 1 atom stereocenters. The summed E-state index contributed by atoms with van der Waals surface area (Å²) >= 11 is 6.28. The molecule has 2 aromatic carbocycles. The monoisotopic (exact) mass is 486 g/mol. The van der Waals surface area contributed by atoms with E-state index in [1.807, 2.05) is 43.3 Å². The molecule has 2 aromatic heterocycles. The summed E-state index contributed by atoms with van der Waals surface area (Å²) in [6, 6.07) is 16.4. The van der Waals surface area contributed by atoms with Crippen LogP contribution < -0.4 is 5.56 Å². The second-order valence-electron chi connectivity index (χ2n) is 8.83. The van der Waals surface area contributed by atoms with Crippen molar-refractivity contribution in [1.82, 2.24) is 24.8 Å². The number of aliphatic imine (C=N–C) groups is 1. The van der Waals surface area contributed by atoms with E-state index in [0.717, 1.165) is 27.9 Å². The Morgan fingerprint density at radius 2 is 1.89 bits per heavy atom. The van der Waals surface area contributed by atoms with Crippen molar-refractivity contribution >= 4 is 22.9 Å². The Morgan fingerprint density at radius 1 is 1.06 bits per heavy atom. The van der Waals surface area contributed by atoms with Crippen molar-refractivity contribution in [2.45, 2.75) is 32.2 Å². The third kappa shape index (κ3) is 3.80. The van der Waals surface area contributed by atoms with Crippen LogP contribution in [0.15, 0.2) is 76.7 Å². The highest BCUT2D eigenvalue weighted by Gasteiger charge is 2.32. The standard InChI is InChI=1S/C26H20ClFN6O/c1-15-2-4-16(5-3-15)21-13-22(30-26(21)28)24-9-7-19-10-17(11-25(35)34(19)24)20-12-18(27)6-8-23(20)33-14-29-31-32-33/h2-6,8,10-12,14,24H,7,9,13H2,1H3/t24-/m0/s1. The molecular weight excluding hydrogens is 467 g/mol. The predicted molar refractivity (Wildman–Crippen MR) is 132 cm³/mol. The van der Waals surface area contributed by atoms with Gasteiger partial charge in [-0.25, -0.2) is 4.99 Å². The lowest BCUT2D eigenvalue weighted by molar-refractivity contribution is 0.624. The smallest absolute Gasteiger partial charge is 0.251 e. The van der Waals surface area contributed by atoms with Crippen LogP contribution in [0.1, 0.15) is 35.7 Å². The number of aromatic nitrogens is 5. The first-order chi connectivity index (χ1) is 17.0. The molecule has 2 aliphatic rings.